The third-order valence-corrected chi connectivity index (χ3v) is 4.47. The number of carbonyl (C=O) groups is 1. The molecule has 0 saturated heterocycles. The van der Waals surface area contributed by atoms with Gasteiger partial charge in [0.1, 0.15) is 0 Å². The molecule has 0 aliphatic rings. The van der Waals surface area contributed by atoms with E-state index in [1.807, 2.05) is 30.3 Å². The molecule has 3 nitrogen and oxygen atoms in total. The first kappa shape index (κ1) is 15.7. The van der Waals surface area contributed by atoms with E-state index in [2.05, 4.69) is 19.2 Å². The second-order valence-electron chi connectivity index (χ2n) is 5.07. The lowest BCUT2D eigenvalue weighted by molar-refractivity contribution is 0.103. The highest BCUT2D eigenvalue weighted by atomic mass is 32.1. The van der Waals surface area contributed by atoms with Crippen molar-refractivity contribution in [3.63, 3.8) is 0 Å². The Morgan fingerprint density at radius 3 is 2.57 bits per heavy atom. The number of aliphatic hydroxyl groups excluding tert-OH is 1. The lowest BCUT2D eigenvalue weighted by Crippen LogP contribution is -2.10. The molecule has 1 aromatic carbocycles. The minimum atomic E-state index is -0.0552. The Morgan fingerprint density at radius 2 is 1.95 bits per heavy atom. The van der Waals surface area contributed by atoms with Crippen LogP contribution in [0.3, 0.4) is 0 Å². The lowest BCUT2D eigenvalue weighted by atomic mass is 10.1. The first-order valence-corrected chi connectivity index (χ1v) is 8.06. The molecule has 1 heterocycles. The molecule has 0 unspecified atom stereocenters. The molecule has 2 aromatic rings. The van der Waals surface area contributed by atoms with Gasteiger partial charge >= 0.3 is 0 Å². The maximum absolute atomic E-state index is 12.3. The molecule has 4 heteroatoms. The number of hydrogen-bond acceptors (Lipinski definition) is 3. The molecule has 112 valence electrons. The van der Waals surface area contributed by atoms with E-state index in [9.17, 15) is 4.79 Å². The number of thiophene rings is 1. The SMILES string of the molecule is CCCc1cc(C(=O)Nc2ccc(CCO)cc2)sc1C. The Balaban J connectivity index is 2.05. The number of aryl methyl sites for hydroxylation is 2. The number of anilines is 1. The van der Waals surface area contributed by atoms with Crippen LogP contribution in [0.15, 0.2) is 30.3 Å². The van der Waals surface area contributed by atoms with E-state index in [0.717, 1.165) is 29.0 Å². The Kier molecular flexibility index (Phi) is 5.53. The Morgan fingerprint density at radius 1 is 1.24 bits per heavy atom. The van der Waals surface area contributed by atoms with Gasteiger partial charge in [-0.15, -0.1) is 11.3 Å². The molecular weight excluding hydrogens is 282 g/mol. The van der Waals surface area contributed by atoms with Crippen molar-refractivity contribution in [2.24, 2.45) is 0 Å². The number of benzene rings is 1. The van der Waals surface area contributed by atoms with Crippen molar-refractivity contribution in [3.05, 3.63) is 51.2 Å². The summed E-state index contributed by atoms with van der Waals surface area (Å²) in [7, 11) is 0. The summed E-state index contributed by atoms with van der Waals surface area (Å²) in [6.45, 7) is 4.35. The monoisotopic (exact) mass is 303 g/mol. The van der Waals surface area contributed by atoms with Crippen molar-refractivity contribution in [3.8, 4) is 0 Å². The van der Waals surface area contributed by atoms with E-state index in [1.54, 1.807) is 11.3 Å². The highest BCUT2D eigenvalue weighted by molar-refractivity contribution is 7.14. The standard InChI is InChI=1S/C17H21NO2S/c1-3-4-14-11-16(21-12(14)2)17(20)18-15-7-5-13(6-8-15)9-10-19/h5-8,11,19H,3-4,9-10H2,1-2H3,(H,18,20). The van der Waals surface area contributed by atoms with Gasteiger partial charge in [-0.25, -0.2) is 0 Å². The third-order valence-electron chi connectivity index (χ3n) is 3.38. The van der Waals surface area contributed by atoms with Crippen LogP contribution < -0.4 is 5.32 Å². The fourth-order valence-electron chi connectivity index (χ4n) is 2.23. The predicted molar refractivity (Wildman–Crippen MR) is 88.2 cm³/mol. The number of amides is 1. The van der Waals surface area contributed by atoms with E-state index in [1.165, 1.54) is 10.4 Å². The molecule has 0 bridgehead atoms. The van der Waals surface area contributed by atoms with Crippen molar-refractivity contribution in [2.75, 3.05) is 11.9 Å². The highest BCUT2D eigenvalue weighted by Crippen LogP contribution is 2.24. The van der Waals surface area contributed by atoms with E-state index in [4.69, 9.17) is 5.11 Å². The Labute approximate surface area is 129 Å². The predicted octanol–water partition coefficient (Wildman–Crippen LogP) is 3.80. The van der Waals surface area contributed by atoms with Crippen LogP contribution in [0.1, 0.15) is 39.0 Å². The number of carbonyl (C=O) groups excluding carboxylic acids is 1. The Bertz CT molecular complexity index is 602. The van der Waals surface area contributed by atoms with Gasteiger partial charge < -0.3 is 10.4 Å². The third kappa shape index (κ3) is 4.16. The van der Waals surface area contributed by atoms with Gasteiger partial charge in [0.2, 0.25) is 0 Å². The summed E-state index contributed by atoms with van der Waals surface area (Å²) in [6.07, 6.45) is 2.75. The van der Waals surface area contributed by atoms with Crippen LogP contribution >= 0.6 is 11.3 Å². The summed E-state index contributed by atoms with van der Waals surface area (Å²) in [4.78, 5) is 14.2. The van der Waals surface area contributed by atoms with Gasteiger partial charge in [0.25, 0.3) is 5.91 Å². The van der Waals surface area contributed by atoms with Crippen molar-refractivity contribution in [1.29, 1.82) is 0 Å². The zero-order chi connectivity index (χ0) is 15.2. The molecule has 0 spiro atoms. The van der Waals surface area contributed by atoms with Crippen molar-refractivity contribution in [2.45, 2.75) is 33.1 Å². The Hall–Kier alpha value is -1.65. The summed E-state index contributed by atoms with van der Waals surface area (Å²) in [5.41, 5.74) is 3.11. The maximum Gasteiger partial charge on any atom is 0.265 e. The molecule has 21 heavy (non-hydrogen) atoms. The van der Waals surface area contributed by atoms with Crippen LogP contribution in [-0.4, -0.2) is 17.6 Å². The first-order valence-electron chi connectivity index (χ1n) is 7.24. The van der Waals surface area contributed by atoms with Crippen molar-refractivity contribution in [1.82, 2.24) is 0 Å². The second kappa shape index (κ2) is 7.38. The highest BCUT2D eigenvalue weighted by Gasteiger charge is 2.12. The zero-order valence-electron chi connectivity index (χ0n) is 12.5. The summed E-state index contributed by atoms with van der Waals surface area (Å²) in [6, 6.07) is 9.59. The summed E-state index contributed by atoms with van der Waals surface area (Å²) in [5.74, 6) is -0.0552. The smallest absolute Gasteiger partial charge is 0.265 e. The quantitative estimate of drug-likeness (QED) is 0.853. The van der Waals surface area contributed by atoms with Gasteiger partial charge in [-0.05, 0) is 49.1 Å². The summed E-state index contributed by atoms with van der Waals surface area (Å²) >= 11 is 1.55. The van der Waals surface area contributed by atoms with Crippen molar-refractivity contribution < 1.29 is 9.90 Å². The minimum absolute atomic E-state index is 0.0552. The summed E-state index contributed by atoms with van der Waals surface area (Å²) < 4.78 is 0. The average Bonchev–Trinajstić information content (AvgIpc) is 2.83. The molecule has 0 aliphatic carbocycles. The van der Waals surface area contributed by atoms with E-state index < -0.39 is 0 Å². The molecular formula is C17H21NO2S. The fourth-order valence-corrected chi connectivity index (χ4v) is 3.19. The molecule has 1 amide bonds. The van der Waals surface area contributed by atoms with Crippen LogP contribution in [0.5, 0.6) is 0 Å². The number of rotatable bonds is 6. The fraction of sp³-hybridized carbons (Fsp3) is 0.353. The van der Waals surface area contributed by atoms with Gasteiger partial charge in [-0.3, -0.25) is 4.79 Å². The normalized spacial score (nSPS) is 10.6. The average molecular weight is 303 g/mol. The van der Waals surface area contributed by atoms with Crippen LogP contribution in [-0.2, 0) is 12.8 Å². The minimum Gasteiger partial charge on any atom is -0.396 e. The van der Waals surface area contributed by atoms with Gasteiger partial charge in [0, 0.05) is 17.2 Å². The van der Waals surface area contributed by atoms with E-state index >= 15 is 0 Å². The van der Waals surface area contributed by atoms with Gasteiger partial charge in [-0.1, -0.05) is 25.5 Å². The number of nitrogens with one attached hydrogen (secondary N) is 1. The van der Waals surface area contributed by atoms with Crippen molar-refractivity contribution >= 4 is 22.9 Å². The van der Waals surface area contributed by atoms with Crippen LogP contribution in [0.2, 0.25) is 0 Å². The van der Waals surface area contributed by atoms with Crippen LogP contribution in [0, 0.1) is 6.92 Å². The molecule has 2 rings (SSSR count). The van der Waals surface area contributed by atoms with E-state index in [-0.39, 0.29) is 12.5 Å². The van der Waals surface area contributed by atoms with E-state index in [0.29, 0.717) is 6.42 Å². The largest absolute Gasteiger partial charge is 0.396 e. The molecule has 0 fully saturated rings. The topological polar surface area (TPSA) is 49.3 Å². The number of aliphatic hydroxyl groups is 1. The number of hydrogen-bond donors (Lipinski definition) is 2. The molecule has 0 saturated carbocycles. The zero-order valence-corrected chi connectivity index (χ0v) is 13.3. The van der Waals surface area contributed by atoms with Gasteiger partial charge in [0.15, 0.2) is 0 Å². The molecule has 0 radical (unpaired) electrons. The van der Waals surface area contributed by atoms with Crippen LogP contribution in [0.4, 0.5) is 5.69 Å². The lowest BCUT2D eigenvalue weighted by Gasteiger charge is -2.04. The summed E-state index contributed by atoms with van der Waals surface area (Å²) in [5, 5.41) is 11.8. The van der Waals surface area contributed by atoms with Gasteiger partial charge in [0.05, 0.1) is 4.88 Å². The first-order chi connectivity index (χ1) is 10.1. The molecule has 0 atom stereocenters. The molecule has 1 aromatic heterocycles. The van der Waals surface area contributed by atoms with Crippen LogP contribution in [0.25, 0.3) is 0 Å². The molecule has 2 N–H and O–H groups in total. The molecule has 0 aliphatic heterocycles. The van der Waals surface area contributed by atoms with Gasteiger partial charge in [-0.2, -0.15) is 0 Å². The maximum atomic E-state index is 12.3. The second-order valence-corrected chi connectivity index (χ2v) is 6.32.